The van der Waals surface area contributed by atoms with Crippen molar-refractivity contribution in [2.45, 2.75) is 6.61 Å². The van der Waals surface area contributed by atoms with Crippen LogP contribution in [0.4, 0.5) is 5.82 Å². The Morgan fingerprint density at radius 3 is 2.91 bits per heavy atom. The molecule has 0 aliphatic carbocycles. The van der Waals surface area contributed by atoms with Gasteiger partial charge in [-0.2, -0.15) is 5.10 Å². The number of hydrogen-bond donors (Lipinski definition) is 2. The largest absolute Gasteiger partial charge is 0.507 e. The fourth-order valence-corrected chi connectivity index (χ4v) is 2.73. The fourth-order valence-electron chi connectivity index (χ4n) is 2.73. The number of rotatable bonds is 1. The summed E-state index contributed by atoms with van der Waals surface area (Å²) in [5.41, 5.74) is 9.53. The summed E-state index contributed by atoms with van der Waals surface area (Å²) in [6, 6.07) is 5.12. The van der Waals surface area contributed by atoms with Crippen molar-refractivity contribution in [3.8, 4) is 33.9 Å². The molecule has 3 aromatic rings. The van der Waals surface area contributed by atoms with Crippen LogP contribution in [-0.4, -0.2) is 25.1 Å². The van der Waals surface area contributed by atoms with Gasteiger partial charge >= 0.3 is 0 Å². The number of nitrogens with zero attached hydrogens (tertiary/aromatic N) is 4. The van der Waals surface area contributed by atoms with Gasteiger partial charge in [0.25, 0.3) is 0 Å². The van der Waals surface area contributed by atoms with Crippen LogP contribution in [0.25, 0.3) is 22.4 Å². The number of nitrogens with two attached hydrogens (primary N) is 1. The first-order chi connectivity index (χ1) is 10.6. The highest BCUT2D eigenvalue weighted by Crippen LogP contribution is 2.45. The van der Waals surface area contributed by atoms with E-state index in [1.54, 1.807) is 29.1 Å². The number of ether oxygens (including phenoxy) is 1. The standard InChI is InChI=1S/C15H13N5O2/c1-20-6-8(5-17-20)12-9-7-22-11-4-2-3-10(21)13(11)14(9)18-19-15(12)16/h2-6,21H,7H2,1H3,(H2,16,19). The van der Waals surface area contributed by atoms with Crippen LogP contribution in [0.2, 0.25) is 0 Å². The van der Waals surface area contributed by atoms with E-state index in [1.807, 2.05) is 13.2 Å². The minimum Gasteiger partial charge on any atom is -0.507 e. The highest BCUT2D eigenvalue weighted by Gasteiger charge is 2.27. The monoisotopic (exact) mass is 295 g/mol. The topological polar surface area (TPSA) is 99.1 Å². The number of phenols is 1. The molecular formula is C15H13N5O2. The summed E-state index contributed by atoms with van der Waals surface area (Å²) in [7, 11) is 1.83. The highest BCUT2D eigenvalue weighted by molar-refractivity contribution is 5.86. The zero-order valence-corrected chi connectivity index (χ0v) is 11.8. The van der Waals surface area contributed by atoms with Crippen molar-refractivity contribution in [3.05, 3.63) is 36.2 Å². The van der Waals surface area contributed by atoms with Crippen molar-refractivity contribution in [2.24, 2.45) is 7.05 Å². The van der Waals surface area contributed by atoms with Gasteiger partial charge < -0.3 is 15.6 Å². The van der Waals surface area contributed by atoms with Crippen LogP contribution < -0.4 is 10.5 Å². The first-order valence-corrected chi connectivity index (χ1v) is 6.74. The van der Waals surface area contributed by atoms with Crippen LogP contribution in [-0.2, 0) is 13.7 Å². The Morgan fingerprint density at radius 1 is 1.27 bits per heavy atom. The minimum atomic E-state index is 0.106. The zero-order chi connectivity index (χ0) is 15.3. The molecule has 1 aromatic carbocycles. The van der Waals surface area contributed by atoms with E-state index in [4.69, 9.17) is 10.5 Å². The Labute approximate surface area is 126 Å². The lowest BCUT2D eigenvalue weighted by Crippen LogP contribution is -2.12. The average Bonchev–Trinajstić information content (AvgIpc) is 2.93. The fraction of sp³-hybridized carbons (Fsp3) is 0.133. The number of hydrogen-bond acceptors (Lipinski definition) is 6. The van der Waals surface area contributed by atoms with Crippen molar-refractivity contribution in [2.75, 3.05) is 5.73 Å². The van der Waals surface area contributed by atoms with E-state index >= 15 is 0 Å². The van der Waals surface area contributed by atoms with Crippen molar-refractivity contribution in [3.63, 3.8) is 0 Å². The molecule has 0 saturated carbocycles. The van der Waals surface area contributed by atoms with Gasteiger partial charge in [0.15, 0.2) is 5.82 Å². The van der Waals surface area contributed by atoms with Gasteiger partial charge in [0, 0.05) is 29.9 Å². The van der Waals surface area contributed by atoms with Gasteiger partial charge in [-0.25, -0.2) is 0 Å². The van der Waals surface area contributed by atoms with Crippen molar-refractivity contribution in [1.82, 2.24) is 20.0 Å². The number of anilines is 1. The third-order valence-electron chi connectivity index (χ3n) is 3.71. The van der Waals surface area contributed by atoms with E-state index in [2.05, 4.69) is 15.3 Å². The zero-order valence-electron chi connectivity index (χ0n) is 11.8. The van der Waals surface area contributed by atoms with Crippen molar-refractivity contribution >= 4 is 5.82 Å². The summed E-state index contributed by atoms with van der Waals surface area (Å²) in [4.78, 5) is 0. The van der Waals surface area contributed by atoms with Crippen LogP contribution in [0.15, 0.2) is 30.6 Å². The van der Waals surface area contributed by atoms with E-state index < -0.39 is 0 Å². The molecule has 7 heteroatoms. The summed E-state index contributed by atoms with van der Waals surface area (Å²) >= 11 is 0. The Hall–Kier alpha value is -3.09. The molecule has 0 unspecified atom stereocenters. The van der Waals surface area contributed by atoms with E-state index in [-0.39, 0.29) is 5.75 Å². The van der Waals surface area contributed by atoms with Crippen molar-refractivity contribution < 1.29 is 9.84 Å². The molecule has 0 radical (unpaired) electrons. The molecule has 22 heavy (non-hydrogen) atoms. The van der Waals surface area contributed by atoms with Crippen LogP contribution >= 0.6 is 0 Å². The summed E-state index contributed by atoms with van der Waals surface area (Å²) in [5.74, 6) is 1.01. The lowest BCUT2D eigenvalue weighted by atomic mass is 9.96. The summed E-state index contributed by atoms with van der Waals surface area (Å²) in [6.45, 7) is 0.315. The molecule has 0 saturated heterocycles. The predicted octanol–water partition coefficient (Wildman–Crippen LogP) is 1.72. The molecule has 0 spiro atoms. The molecule has 0 amide bonds. The Bertz CT molecular complexity index is 888. The summed E-state index contributed by atoms with van der Waals surface area (Å²) < 4.78 is 7.44. The molecule has 0 atom stereocenters. The van der Waals surface area contributed by atoms with Gasteiger partial charge in [-0.3, -0.25) is 4.68 Å². The SMILES string of the molecule is Cn1cc(-c2c(N)nnc3c2COc2cccc(O)c2-3)cn1. The molecule has 110 valence electrons. The Morgan fingerprint density at radius 2 is 2.14 bits per heavy atom. The molecule has 0 fully saturated rings. The number of phenolic OH excluding ortho intramolecular Hbond substituents is 1. The second-order valence-electron chi connectivity index (χ2n) is 5.13. The maximum Gasteiger partial charge on any atom is 0.154 e. The summed E-state index contributed by atoms with van der Waals surface area (Å²) in [6.07, 6.45) is 3.57. The third-order valence-corrected chi connectivity index (χ3v) is 3.71. The van der Waals surface area contributed by atoms with Gasteiger partial charge in [0.05, 0.1) is 11.8 Å². The third kappa shape index (κ3) is 1.72. The molecule has 7 nitrogen and oxygen atoms in total. The van der Waals surface area contributed by atoms with E-state index in [1.165, 1.54) is 0 Å². The highest BCUT2D eigenvalue weighted by atomic mass is 16.5. The Balaban J connectivity index is 2.02. The quantitative estimate of drug-likeness (QED) is 0.709. The molecule has 2 aromatic heterocycles. The molecule has 3 N–H and O–H groups in total. The van der Waals surface area contributed by atoms with Crippen molar-refractivity contribution in [1.29, 1.82) is 0 Å². The average molecular weight is 295 g/mol. The summed E-state index contributed by atoms with van der Waals surface area (Å²) in [5, 5.41) is 22.5. The van der Waals surface area contributed by atoms with Crippen LogP contribution in [0, 0.1) is 0 Å². The van der Waals surface area contributed by atoms with Gasteiger partial charge in [-0.05, 0) is 12.1 Å². The maximum atomic E-state index is 10.1. The molecule has 0 bridgehead atoms. The van der Waals surface area contributed by atoms with Gasteiger partial charge in [0.2, 0.25) is 0 Å². The molecule has 3 heterocycles. The van der Waals surface area contributed by atoms with Gasteiger partial charge in [0.1, 0.15) is 23.8 Å². The first kappa shape index (κ1) is 12.6. The number of aromatic nitrogens is 4. The normalized spacial score (nSPS) is 12.4. The first-order valence-electron chi connectivity index (χ1n) is 6.74. The molecule has 4 rings (SSSR count). The van der Waals surface area contributed by atoms with E-state index in [0.29, 0.717) is 29.4 Å². The van der Waals surface area contributed by atoms with Gasteiger partial charge in [-0.15, -0.1) is 10.2 Å². The number of aryl methyl sites for hydroxylation is 1. The van der Waals surface area contributed by atoms with E-state index in [9.17, 15) is 5.11 Å². The predicted molar refractivity (Wildman–Crippen MR) is 80.1 cm³/mol. The van der Waals surface area contributed by atoms with Crippen LogP contribution in [0.5, 0.6) is 11.5 Å². The smallest absolute Gasteiger partial charge is 0.154 e. The number of nitrogen functional groups attached to an aromatic ring is 1. The molecule has 1 aliphatic rings. The van der Waals surface area contributed by atoms with Crippen LogP contribution in [0.3, 0.4) is 0 Å². The number of benzene rings is 1. The van der Waals surface area contributed by atoms with E-state index in [0.717, 1.165) is 16.7 Å². The lowest BCUT2D eigenvalue weighted by molar-refractivity contribution is 0.299. The maximum absolute atomic E-state index is 10.1. The van der Waals surface area contributed by atoms with Crippen LogP contribution in [0.1, 0.15) is 5.56 Å². The lowest BCUT2D eigenvalue weighted by Gasteiger charge is -2.22. The minimum absolute atomic E-state index is 0.106. The second-order valence-corrected chi connectivity index (χ2v) is 5.13. The Kier molecular flexibility index (Phi) is 2.56. The number of aromatic hydroxyl groups is 1. The van der Waals surface area contributed by atoms with Gasteiger partial charge in [-0.1, -0.05) is 6.07 Å². The second kappa shape index (κ2) is 4.45. The molecular weight excluding hydrogens is 282 g/mol. The number of fused-ring (bicyclic) bond motifs is 3. The molecule has 1 aliphatic heterocycles.